The Balaban J connectivity index is 0.000000541. The predicted octanol–water partition coefficient (Wildman–Crippen LogP) is 6.19. The first-order chi connectivity index (χ1) is 22.0. The summed E-state index contributed by atoms with van der Waals surface area (Å²) in [7, 11) is 12.4. The van der Waals surface area contributed by atoms with E-state index in [1.807, 2.05) is 88.3 Å². The molecule has 0 aliphatic carbocycles. The van der Waals surface area contributed by atoms with Crippen LogP contribution < -0.4 is 9.47 Å². The van der Waals surface area contributed by atoms with Crippen molar-refractivity contribution in [2.75, 3.05) is 78.9 Å². The van der Waals surface area contributed by atoms with Crippen LogP contribution in [-0.4, -0.2) is 111 Å². The van der Waals surface area contributed by atoms with Crippen molar-refractivity contribution in [1.82, 2.24) is 24.3 Å². The van der Waals surface area contributed by atoms with Gasteiger partial charge in [0.25, 0.3) is 0 Å². The van der Waals surface area contributed by atoms with Crippen LogP contribution in [0.2, 0.25) is 0 Å². The number of hydrogen-bond donors (Lipinski definition) is 0. The standard InChI is InChI=1S/C8H13N2.C7H15N.C6H14N2.C6H7N.C5H8N2.C5H7N.CH4/c1-9(2)8-4-6-10(3)7-5-8;1-2-8-6-4-3-5-7-8;1-7-3-5-8(2)6-4-7;1-2-6-4-3-5-7-6;1-5-3-7(2)4-6-5;1-5-3-2-4-6-5;/h4-7H,1-3H3;2-7H2,1H3;3-6H2,1-2H3;2,4-5H,1,3H2;3-4H,1-2H3;3-4H,2H2,1H3;1H4/q+1;;;;;;. The van der Waals surface area contributed by atoms with Crippen molar-refractivity contribution in [3.05, 3.63) is 78.9 Å². The van der Waals surface area contributed by atoms with Crippen LogP contribution in [0.25, 0.3) is 0 Å². The number of nitrogens with zero attached hydrogens (tertiary/aromatic N) is 9. The highest BCUT2D eigenvalue weighted by atomic mass is 15.2. The van der Waals surface area contributed by atoms with Crippen molar-refractivity contribution in [2.45, 2.75) is 60.3 Å². The monoisotopic (exact) mass is 651 g/mol. The lowest BCUT2D eigenvalue weighted by Gasteiger charge is -2.28. The fraction of sp³-hybridized carbons (Fsp3) is 0.579. The predicted molar refractivity (Wildman–Crippen MR) is 206 cm³/mol. The van der Waals surface area contributed by atoms with Crippen LogP contribution >= 0.6 is 0 Å². The summed E-state index contributed by atoms with van der Waals surface area (Å²) in [5, 5.41) is 0. The van der Waals surface area contributed by atoms with Gasteiger partial charge in [-0.15, -0.1) is 0 Å². The maximum absolute atomic E-state index is 3.98. The summed E-state index contributed by atoms with van der Waals surface area (Å²) in [6.07, 6.45) is 23.8. The van der Waals surface area contributed by atoms with E-state index in [9.17, 15) is 0 Å². The van der Waals surface area contributed by atoms with E-state index in [0.29, 0.717) is 0 Å². The van der Waals surface area contributed by atoms with E-state index >= 15 is 0 Å². The van der Waals surface area contributed by atoms with E-state index in [1.54, 1.807) is 12.4 Å². The Hall–Kier alpha value is -3.40. The Kier molecular flexibility index (Phi) is 24.7. The number of pyridine rings is 1. The number of hydrogen-bond acceptors (Lipinski definition) is 7. The molecule has 47 heavy (non-hydrogen) atoms. The quantitative estimate of drug-likeness (QED) is 0.371. The number of piperidine rings is 1. The van der Waals surface area contributed by atoms with Gasteiger partial charge in [-0.1, -0.05) is 39.5 Å². The summed E-state index contributed by atoms with van der Waals surface area (Å²) in [5.41, 5.74) is 4.45. The normalized spacial score (nSPS) is 16.8. The molecule has 0 radical (unpaired) electrons. The van der Waals surface area contributed by atoms with E-state index in [0.717, 1.165) is 29.9 Å². The molecule has 0 bridgehead atoms. The van der Waals surface area contributed by atoms with E-state index in [-0.39, 0.29) is 7.43 Å². The topological polar surface area (TPSA) is 59.4 Å². The molecule has 6 rings (SSSR count). The van der Waals surface area contributed by atoms with Gasteiger partial charge < -0.3 is 24.2 Å². The van der Waals surface area contributed by atoms with Gasteiger partial charge in [-0.3, -0.25) is 9.98 Å². The third-order valence-electron chi connectivity index (χ3n) is 7.63. The van der Waals surface area contributed by atoms with Crippen molar-refractivity contribution in [1.29, 1.82) is 0 Å². The van der Waals surface area contributed by atoms with Crippen LogP contribution in [0, 0.1) is 6.92 Å². The van der Waals surface area contributed by atoms with Crippen LogP contribution in [0.5, 0.6) is 0 Å². The van der Waals surface area contributed by atoms with Crippen LogP contribution in [0.3, 0.4) is 0 Å². The first-order valence-corrected chi connectivity index (χ1v) is 16.7. The molecule has 2 saturated heterocycles. The molecule has 4 aliphatic rings. The summed E-state index contributed by atoms with van der Waals surface area (Å²) >= 11 is 0. The third kappa shape index (κ3) is 22.7. The minimum absolute atomic E-state index is 0. The van der Waals surface area contributed by atoms with Crippen LogP contribution in [0.15, 0.2) is 83.2 Å². The molecule has 9 nitrogen and oxygen atoms in total. The summed E-state index contributed by atoms with van der Waals surface area (Å²) in [4.78, 5) is 21.2. The van der Waals surface area contributed by atoms with Crippen LogP contribution in [-0.2, 0) is 14.1 Å². The van der Waals surface area contributed by atoms with Crippen molar-refractivity contribution < 1.29 is 4.57 Å². The second kappa shape index (κ2) is 26.6. The summed E-state index contributed by atoms with van der Waals surface area (Å²) in [6.45, 7) is 18.6. The summed E-state index contributed by atoms with van der Waals surface area (Å²) < 4.78 is 3.95. The van der Waals surface area contributed by atoms with E-state index in [1.165, 1.54) is 70.8 Å². The molecule has 4 aliphatic heterocycles. The Labute approximate surface area is 288 Å². The molecule has 0 N–H and O–H groups in total. The first kappa shape index (κ1) is 43.6. The number of aryl methyl sites for hydroxylation is 3. The molecule has 2 aromatic heterocycles. The number of rotatable bonds is 3. The fourth-order valence-corrected chi connectivity index (χ4v) is 4.51. The van der Waals surface area contributed by atoms with Gasteiger partial charge in [-0.25, -0.2) is 9.55 Å². The van der Waals surface area contributed by atoms with Gasteiger partial charge in [0.15, 0.2) is 12.4 Å². The molecule has 2 aromatic rings. The van der Waals surface area contributed by atoms with Gasteiger partial charge in [0.1, 0.15) is 7.05 Å². The third-order valence-corrected chi connectivity index (χ3v) is 7.63. The maximum Gasteiger partial charge on any atom is 0.170 e. The van der Waals surface area contributed by atoms with Gasteiger partial charge in [-0.05, 0) is 66.5 Å². The molecule has 0 aromatic carbocycles. The lowest BCUT2D eigenvalue weighted by molar-refractivity contribution is -0.671. The summed E-state index contributed by atoms with van der Waals surface area (Å²) in [5.74, 6) is 0. The molecule has 0 saturated carbocycles. The second-order valence-electron chi connectivity index (χ2n) is 12.2. The van der Waals surface area contributed by atoms with Gasteiger partial charge in [0.05, 0.1) is 17.7 Å². The number of aromatic nitrogens is 3. The molecular weight excluding hydrogens is 582 g/mol. The average molecular weight is 651 g/mol. The number of imidazole rings is 1. The molecule has 2 fully saturated rings. The smallest absolute Gasteiger partial charge is 0.170 e. The van der Waals surface area contributed by atoms with Crippen molar-refractivity contribution in [3.8, 4) is 0 Å². The van der Waals surface area contributed by atoms with E-state index in [2.05, 4.69) is 80.4 Å². The highest BCUT2D eigenvalue weighted by Crippen LogP contribution is 2.07. The number of anilines is 1. The number of allylic oxidation sites excluding steroid dienone is 4. The minimum Gasteiger partial charge on any atom is -0.377 e. The number of likely N-dealkylation sites (tertiary alicyclic amines) is 1. The zero-order valence-corrected chi connectivity index (χ0v) is 30.6. The molecule has 0 spiro atoms. The highest BCUT2D eigenvalue weighted by molar-refractivity contribution is 5.65. The highest BCUT2D eigenvalue weighted by Gasteiger charge is 2.08. The minimum atomic E-state index is 0. The molecule has 264 valence electrons. The average Bonchev–Trinajstić information content (AvgIpc) is 3.85. The Bertz CT molecular complexity index is 1150. The summed E-state index contributed by atoms with van der Waals surface area (Å²) in [6, 6.07) is 4.17. The van der Waals surface area contributed by atoms with Gasteiger partial charge in [-0.2, -0.15) is 0 Å². The lowest BCUT2D eigenvalue weighted by atomic mass is 10.1. The largest absolute Gasteiger partial charge is 0.377 e. The van der Waals surface area contributed by atoms with Crippen LogP contribution in [0.1, 0.15) is 59.1 Å². The molecule has 0 amide bonds. The number of piperazine rings is 1. The fourth-order valence-electron chi connectivity index (χ4n) is 4.51. The Morgan fingerprint density at radius 2 is 1.40 bits per heavy atom. The molecule has 6 heterocycles. The Morgan fingerprint density at radius 3 is 1.68 bits per heavy atom. The SMILES string of the molecule is C.C=CC1=CCC=N1.CC1=CCC=N1.CCN1CCCCC1.CN(C)c1cc[n+](C)cc1.CN1CCN(C)CC1.Cc1cn(C)cn1. The first-order valence-electron chi connectivity index (χ1n) is 16.7. The maximum atomic E-state index is 3.98. The Morgan fingerprint density at radius 1 is 0.851 bits per heavy atom. The molecular formula is C38H68N9+. The van der Waals surface area contributed by atoms with Crippen molar-refractivity contribution >= 4 is 18.1 Å². The lowest BCUT2D eigenvalue weighted by Crippen LogP contribution is -2.42. The van der Waals surface area contributed by atoms with Crippen molar-refractivity contribution in [3.63, 3.8) is 0 Å². The zero-order chi connectivity index (χ0) is 34.2. The number of aliphatic imine (C=N–C) groups is 2. The van der Waals surface area contributed by atoms with E-state index in [4.69, 9.17) is 0 Å². The number of likely N-dealkylation sites (N-methyl/N-ethyl adjacent to an activating group) is 2. The van der Waals surface area contributed by atoms with Gasteiger partial charge >= 0.3 is 0 Å². The second-order valence-corrected chi connectivity index (χ2v) is 12.2. The molecule has 0 atom stereocenters. The van der Waals surface area contributed by atoms with Gasteiger partial charge in [0.2, 0.25) is 0 Å². The molecule has 0 unspecified atom stereocenters. The molecule has 9 heteroatoms. The zero-order valence-electron chi connectivity index (χ0n) is 30.6. The van der Waals surface area contributed by atoms with Crippen molar-refractivity contribution in [2.24, 2.45) is 24.1 Å². The van der Waals surface area contributed by atoms with Gasteiger partial charge in [0, 0.05) is 102 Å². The van der Waals surface area contributed by atoms with E-state index < -0.39 is 0 Å². The van der Waals surface area contributed by atoms with Crippen LogP contribution in [0.4, 0.5) is 5.69 Å².